The average molecular weight is 374 g/mol. The van der Waals surface area contributed by atoms with Gasteiger partial charge in [-0.3, -0.25) is 4.79 Å². The molecule has 6 nitrogen and oxygen atoms in total. The Morgan fingerprint density at radius 1 is 1.26 bits per heavy atom. The van der Waals surface area contributed by atoms with E-state index in [4.69, 9.17) is 11.6 Å². The molecule has 1 heterocycles. The number of hydrogen-bond donors (Lipinski definition) is 2. The first kappa shape index (κ1) is 17.9. The number of anilines is 1. The Labute approximate surface area is 143 Å². The first-order chi connectivity index (χ1) is 10.8. The Morgan fingerprint density at radius 2 is 1.91 bits per heavy atom. The number of sulfonamides is 1. The molecular formula is C14H16ClN3O3S2. The third-order valence-corrected chi connectivity index (χ3v) is 5.42. The van der Waals surface area contributed by atoms with Crippen molar-refractivity contribution >= 4 is 44.0 Å². The molecule has 2 N–H and O–H groups in total. The van der Waals surface area contributed by atoms with E-state index < -0.39 is 22.0 Å². The van der Waals surface area contributed by atoms with Gasteiger partial charge >= 0.3 is 0 Å². The normalized spacial score (nSPS) is 13.0. The lowest BCUT2D eigenvalue weighted by Gasteiger charge is -2.21. The number of nitrogens with one attached hydrogen (secondary N) is 2. The summed E-state index contributed by atoms with van der Waals surface area (Å²) < 4.78 is 27.3. The molecule has 0 saturated heterocycles. The van der Waals surface area contributed by atoms with Crippen molar-refractivity contribution in [3.8, 4) is 0 Å². The molecule has 0 radical (unpaired) electrons. The molecule has 2 rings (SSSR count). The van der Waals surface area contributed by atoms with Crippen molar-refractivity contribution in [1.29, 1.82) is 0 Å². The molecule has 0 aliphatic carbocycles. The van der Waals surface area contributed by atoms with Crippen LogP contribution in [0, 0.1) is 5.92 Å². The van der Waals surface area contributed by atoms with Gasteiger partial charge in [0, 0.05) is 16.6 Å². The summed E-state index contributed by atoms with van der Waals surface area (Å²) in [7, 11) is -3.83. The van der Waals surface area contributed by atoms with E-state index in [-0.39, 0.29) is 10.8 Å². The molecule has 1 aromatic carbocycles. The number of carbonyl (C=O) groups is 1. The largest absolute Gasteiger partial charge is 0.301 e. The second-order valence-electron chi connectivity index (χ2n) is 5.12. The smallest absolute Gasteiger partial charge is 0.244 e. The Hall–Kier alpha value is -1.48. The number of aromatic nitrogens is 1. The van der Waals surface area contributed by atoms with E-state index in [1.165, 1.54) is 35.6 Å². The molecule has 0 bridgehead atoms. The summed E-state index contributed by atoms with van der Waals surface area (Å²) >= 11 is 7.02. The molecule has 0 aliphatic heterocycles. The summed E-state index contributed by atoms with van der Waals surface area (Å²) in [6.07, 6.45) is 1.56. The summed E-state index contributed by atoms with van der Waals surface area (Å²) in [5.41, 5.74) is 0. The van der Waals surface area contributed by atoms with E-state index in [0.717, 1.165) is 0 Å². The van der Waals surface area contributed by atoms with Crippen LogP contribution in [0.25, 0.3) is 0 Å². The fourth-order valence-electron chi connectivity index (χ4n) is 1.81. The van der Waals surface area contributed by atoms with Gasteiger partial charge in [0.15, 0.2) is 5.13 Å². The lowest BCUT2D eigenvalue weighted by molar-refractivity contribution is -0.118. The minimum atomic E-state index is -3.83. The summed E-state index contributed by atoms with van der Waals surface area (Å²) in [5.74, 6) is -0.690. The van der Waals surface area contributed by atoms with Gasteiger partial charge in [-0.05, 0) is 30.2 Å². The summed E-state index contributed by atoms with van der Waals surface area (Å²) in [4.78, 5) is 16.3. The van der Waals surface area contributed by atoms with Gasteiger partial charge in [-0.2, -0.15) is 4.72 Å². The molecular weight excluding hydrogens is 358 g/mol. The van der Waals surface area contributed by atoms with E-state index in [9.17, 15) is 13.2 Å². The quantitative estimate of drug-likeness (QED) is 0.814. The third kappa shape index (κ3) is 4.74. The Balaban J connectivity index is 2.18. The van der Waals surface area contributed by atoms with Crippen molar-refractivity contribution in [3.05, 3.63) is 40.9 Å². The first-order valence-electron chi connectivity index (χ1n) is 6.78. The molecule has 9 heteroatoms. The number of rotatable bonds is 6. The van der Waals surface area contributed by atoms with Gasteiger partial charge in [0.2, 0.25) is 15.9 Å². The number of halogens is 1. The predicted octanol–water partition coefficient (Wildman–Crippen LogP) is 2.74. The van der Waals surface area contributed by atoms with E-state index >= 15 is 0 Å². The van der Waals surface area contributed by atoms with Crippen LogP contribution in [-0.4, -0.2) is 25.4 Å². The van der Waals surface area contributed by atoms with Crippen LogP contribution in [0.5, 0.6) is 0 Å². The zero-order valence-corrected chi connectivity index (χ0v) is 14.9. The predicted molar refractivity (Wildman–Crippen MR) is 91.1 cm³/mol. The van der Waals surface area contributed by atoms with Gasteiger partial charge in [0.25, 0.3) is 0 Å². The fourth-order valence-corrected chi connectivity index (χ4v) is 3.81. The maximum absolute atomic E-state index is 12.4. The topological polar surface area (TPSA) is 88.2 Å². The summed E-state index contributed by atoms with van der Waals surface area (Å²) in [6.45, 7) is 3.52. The van der Waals surface area contributed by atoms with Crippen molar-refractivity contribution in [2.24, 2.45) is 5.92 Å². The number of nitrogens with zero attached hydrogens (tertiary/aromatic N) is 1. The molecule has 0 aliphatic rings. The van der Waals surface area contributed by atoms with Crippen molar-refractivity contribution in [3.63, 3.8) is 0 Å². The zero-order chi connectivity index (χ0) is 17.0. The molecule has 23 heavy (non-hydrogen) atoms. The summed E-state index contributed by atoms with van der Waals surface area (Å²) in [5, 5.41) is 5.19. The van der Waals surface area contributed by atoms with E-state index in [1.54, 1.807) is 25.4 Å². The highest BCUT2D eigenvalue weighted by atomic mass is 35.5. The molecule has 0 spiro atoms. The van der Waals surface area contributed by atoms with E-state index in [1.807, 2.05) is 0 Å². The summed E-state index contributed by atoms with van der Waals surface area (Å²) in [6, 6.07) is 4.83. The fraction of sp³-hybridized carbons (Fsp3) is 0.286. The van der Waals surface area contributed by atoms with Crippen LogP contribution in [-0.2, 0) is 14.8 Å². The zero-order valence-electron chi connectivity index (χ0n) is 12.5. The number of thiazole rings is 1. The minimum absolute atomic E-state index is 0.0506. The molecule has 124 valence electrons. The number of hydrogen-bond acceptors (Lipinski definition) is 5. The maximum Gasteiger partial charge on any atom is 0.244 e. The minimum Gasteiger partial charge on any atom is -0.301 e. The molecule has 1 amide bonds. The molecule has 0 unspecified atom stereocenters. The molecule has 0 saturated carbocycles. The van der Waals surface area contributed by atoms with Crippen LogP contribution < -0.4 is 10.0 Å². The number of benzene rings is 1. The lowest BCUT2D eigenvalue weighted by atomic mass is 10.1. The highest BCUT2D eigenvalue weighted by molar-refractivity contribution is 7.89. The molecule has 1 atom stereocenters. The average Bonchev–Trinajstić information content (AvgIpc) is 2.98. The number of carbonyl (C=O) groups excluding carboxylic acids is 1. The molecule has 2 aromatic rings. The van der Waals surface area contributed by atoms with Crippen LogP contribution in [0.3, 0.4) is 0 Å². The van der Waals surface area contributed by atoms with Crippen molar-refractivity contribution in [1.82, 2.24) is 9.71 Å². The van der Waals surface area contributed by atoms with Gasteiger partial charge in [-0.25, -0.2) is 13.4 Å². The van der Waals surface area contributed by atoms with Gasteiger partial charge < -0.3 is 5.32 Å². The van der Waals surface area contributed by atoms with Crippen LogP contribution in [0.2, 0.25) is 5.02 Å². The Kier molecular flexibility index (Phi) is 5.74. The Bertz CT molecular complexity index is 759. The number of amides is 1. The van der Waals surface area contributed by atoms with Crippen molar-refractivity contribution in [2.75, 3.05) is 5.32 Å². The second-order valence-corrected chi connectivity index (χ2v) is 8.17. The first-order valence-corrected chi connectivity index (χ1v) is 9.52. The van der Waals surface area contributed by atoms with E-state index in [0.29, 0.717) is 10.2 Å². The van der Waals surface area contributed by atoms with Gasteiger partial charge in [-0.15, -0.1) is 11.3 Å². The third-order valence-electron chi connectivity index (χ3n) is 3.02. The van der Waals surface area contributed by atoms with E-state index in [2.05, 4.69) is 15.0 Å². The molecule has 0 fully saturated rings. The lowest BCUT2D eigenvalue weighted by Crippen LogP contribution is -2.46. The standard InChI is InChI=1S/C14H16ClN3O3S2/c1-9(2)12(13(19)17-14-16-7-8-22-14)18-23(20,21)11-5-3-10(15)4-6-11/h3-9,12,18H,1-2H3,(H,16,17,19)/t12-/m0/s1. The van der Waals surface area contributed by atoms with Gasteiger partial charge in [0.05, 0.1) is 4.90 Å². The van der Waals surface area contributed by atoms with Crippen LogP contribution in [0.4, 0.5) is 5.13 Å². The van der Waals surface area contributed by atoms with Crippen molar-refractivity contribution < 1.29 is 13.2 Å². The highest BCUT2D eigenvalue weighted by Gasteiger charge is 2.28. The Morgan fingerprint density at radius 3 is 2.43 bits per heavy atom. The highest BCUT2D eigenvalue weighted by Crippen LogP contribution is 2.17. The van der Waals surface area contributed by atoms with Gasteiger partial charge in [-0.1, -0.05) is 25.4 Å². The van der Waals surface area contributed by atoms with Crippen molar-refractivity contribution in [2.45, 2.75) is 24.8 Å². The monoisotopic (exact) mass is 373 g/mol. The SMILES string of the molecule is CC(C)[C@H](NS(=O)(=O)c1ccc(Cl)cc1)C(=O)Nc1nccs1. The van der Waals surface area contributed by atoms with Crippen LogP contribution >= 0.6 is 22.9 Å². The second kappa shape index (κ2) is 7.39. The van der Waals surface area contributed by atoms with Gasteiger partial charge in [0.1, 0.15) is 6.04 Å². The van der Waals surface area contributed by atoms with Crippen LogP contribution in [0.1, 0.15) is 13.8 Å². The van der Waals surface area contributed by atoms with Crippen LogP contribution in [0.15, 0.2) is 40.7 Å². The maximum atomic E-state index is 12.4. The molecule has 1 aromatic heterocycles.